The summed E-state index contributed by atoms with van der Waals surface area (Å²) in [6.45, 7) is 0. The van der Waals surface area contributed by atoms with Gasteiger partial charge in [-0.25, -0.2) is 9.78 Å². The van der Waals surface area contributed by atoms with Crippen LogP contribution in [0.4, 0.5) is 18.9 Å². The third kappa shape index (κ3) is 3.39. The van der Waals surface area contributed by atoms with E-state index in [2.05, 4.69) is 10.3 Å². The van der Waals surface area contributed by atoms with Crippen LogP contribution in [0, 0.1) is 0 Å². The number of rotatable bonds is 4. The third-order valence-corrected chi connectivity index (χ3v) is 3.88. The molecule has 3 aromatic rings. The van der Waals surface area contributed by atoms with Gasteiger partial charge >= 0.3 is 12.1 Å². The molecule has 134 valence electrons. The van der Waals surface area contributed by atoms with Gasteiger partial charge in [0.15, 0.2) is 0 Å². The molecule has 2 aromatic carbocycles. The van der Waals surface area contributed by atoms with Gasteiger partial charge in [-0.3, -0.25) is 0 Å². The summed E-state index contributed by atoms with van der Waals surface area (Å²) in [5.41, 5.74) is 1.64. The number of alkyl halides is 3. The fourth-order valence-electron chi connectivity index (χ4n) is 2.52. The van der Waals surface area contributed by atoms with Crippen molar-refractivity contribution in [3.05, 3.63) is 66.1 Å². The fourth-order valence-corrected chi connectivity index (χ4v) is 2.52. The maximum absolute atomic E-state index is 12.7. The van der Waals surface area contributed by atoms with Gasteiger partial charge in [-0.15, -0.1) is 0 Å². The lowest BCUT2D eigenvalue weighted by Gasteiger charge is -2.10. The molecular formula is C18H14F3N3O2. The largest absolute Gasteiger partial charge is 0.478 e. The quantitative estimate of drug-likeness (QED) is 0.727. The minimum Gasteiger partial charge on any atom is -0.478 e. The van der Waals surface area contributed by atoms with Crippen LogP contribution in [0.3, 0.4) is 0 Å². The lowest BCUT2D eigenvalue weighted by molar-refractivity contribution is -0.137. The second-order valence-electron chi connectivity index (χ2n) is 5.53. The first-order valence-electron chi connectivity index (χ1n) is 7.56. The maximum Gasteiger partial charge on any atom is 0.416 e. The van der Waals surface area contributed by atoms with E-state index in [1.165, 1.54) is 30.6 Å². The monoisotopic (exact) mass is 361 g/mol. The number of nitrogens with zero attached hydrogens (tertiary/aromatic N) is 2. The third-order valence-electron chi connectivity index (χ3n) is 3.88. The Hall–Kier alpha value is -3.29. The van der Waals surface area contributed by atoms with Crippen LogP contribution in [0.5, 0.6) is 0 Å². The number of carbonyl (C=O) groups is 1. The molecule has 0 aliphatic heterocycles. The van der Waals surface area contributed by atoms with Gasteiger partial charge in [0.2, 0.25) is 0 Å². The molecule has 0 amide bonds. The average molecular weight is 361 g/mol. The second-order valence-corrected chi connectivity index (χ2v) is 5.53. The zero-order valence-electron chi connectivity index (χ0n) is 13.6. The van der Waals surface area contributed by atoms with Crippen molar-refractivity contribution in [2.75, 3.05) is 12.4 Å². The number of hydrogen-bond donors (Lipinski definition) is 2. The van der Waals surface area contributed by atoms with Crippen molar-refractivity contribution in [3.63, 3.8) is 0 Å². The number of benzene rings is 2. The molecule has 26 heavy (non-hydrogen) atoms. The van der Waals surface area contributed by atoms with Gasteiger partial charge in [0.05, 0.1) is 34.5 Å². The molecule has 1 aromatic heterocycles. The molecule has 0 aliphatic carbocycles. The summed E-state index contributed by atoms with van der Waals surface area (Å²) in [6.07, 6.45) is -1.28. The number of hydrogen-bond acceptors (Lipinski definition) is 3. The molecule has 0 bridgehead atoms. The molecule has 8 heteroatoms. The van der Waals surface area contributed by atoms with Gasteiger partial charge in [0.25, 0.3) is 0 Å². The Morgan fingerprint density at radius 2 is 1.85 bits per heavy atom. The Morgan fingerprint density at radius 3 is 2.42 bits per heavy atom. The van der Waals surface area contributed by atoms with Crippen LogP contribution in [-0.2, 0) is 6.18 Å². The molecule has 0 radical (unpaired) electrons. The molecule has 0 unspecified atom stereocenters. The lowest BCUT2D eigenvalue weighted by Crippen LogP contribution is -2.04. The van der Waals surface area contributed by atoms with Crippen molar-refractivity contribution in [1.29, 1.82) is 0 Å². The van der Waals surface area contributed by atoms with Crippen molar-refractivity contribution >= 4 is 11.7 Å². The summed E-state index contributed by atoms with van der Waals surface area (Å²) in [5.74, 6) is -1.06. The highest BCUT2D eigenvalue weighted by Crippen LogP contribution is 2.31. The van der Waals surface area contributed by atoms with Gasteiger partial charge in [-0.05, 0) is 30.3 Å². The molecule has 3 rings (SSSR count). The van der Waals surface area contributed by atoms with E-state index in [9.17, 15) is 18.0 Å². The van der Waals surface area contributed by atoms with E-state index >= 15 is 0 Å². The highest BCUT2D eigenvalue weighted by atomic mass is 19.4. The standard InChI is InChI=1S/C18H14F3N3O2/c1-22-14-7-4-12(17(25)26)8-16(14)24-9-15(23-10-24)11-2-5-13(6-3-11)18(19,20)21/h2-10,22H,1H3,(H,25,26). The number of carboxylic acids is 1. The Balaban J connectivity index is 1.98. The van der Waals surface area contributed by atoms with E-state index in [0.717, 1.165) is 12.1 Å². The molecule has 0 saturated heterocycles. The van der Waals surface area contributed by atoms with Crippen LogP contribution in [0.15, 0.2) is 55.0 Å². The average Bonchev–Trinajstić information content (AvgIpc) is 3.10. The molecule has 1 heterocycles. The van der Waals surface area contributed by atoms with Crippen LogP contribution in [-0.4, -0.2) is 27.7 Å². The van der Waals surface area contributed by atoms with Gasteiger partial charge < -0.3 is 15.0 Å². The van der Waals surface area contributed by atoms with Crippen molar-refractivity contribution in [3.8, 4) is 16.9 Å². The minimum absolute atomic E-state index is 0.115. The number of imidazole rings is 1. The summed E-state index contributed by atoms with van der Waals surface area (Å²) in [6, 6.07) is 9.30. The van der Waals surface area contributed by atoms with Crippen LogP contribution in [0.25, 0.3) is 16.9 Å². The Bertz CT molecular complexity index is 947. The van der Waals surface area contributed by atoms with Crippen LogP contribution >= 0.6 is 0 Å². The number of aromatic carboxylic acids is 1. The Morgan fingerprint density at radius 1 is 1.15 bits per heavy atom. The smallest absolute Gasteiger partial charge is 0.416 e. The topological polar surface area (TPSA) is 67.2 Å². The van der Waals surface area contributed by atoms with Crippen molar-refractivity contribution in [1.82, 2.24) is 9.55 Å². The Kier molecular flexibility index (Phi) is 4.41. The van der Waals surface area contributed by atoms with E-state index in [-0.39, 0.29) is 5.56 Å². The van der Waals surface area contributed by atoms with Crippen molar-refractivity contribution in [2.45, 2.75) is 6.18 Å². The summed E-state index contributed by atoms with van der Waals surface area (Å²) < 4.78 is 39.6. The van der Waals surface area contributed by atoms with Gasteiger partial charge in [-0.2, -0.15) is 13.2 Å². The molecule has 0 atom stereocenters. The van der Waals surface area contributed by atoms with E-state index in [0.29, 0.717) is 22.6 Å². The van der Waals surface area contributed by atoms with E-state index in [1.807, 2.05) is 0 Å². The minimum atomic E-state index is -4.39. The van der Waals surface area contributed by atoms with E-state index in [1.54, 1.807) is 23.9 Å². The molecule has 0 fully saturated rings. The zero-order valence-corrected chi connectivity index (χ0v) is 13.6. The highest BCUT2D eigenvalue weighted by Gasteiger charge is 2.30. The van der Waals surface area contributed by atoms with Gasteiger partial charge in [-0.1, -0.05) is 12.1 Å². The predicted molar refractivity (Wildman–Crippen MR) is 90.5 cm³/mol. The molecule has 0 saturated carbocycles. The zero-order chi connectivity index (χ0) is 18.9. The summed E-state index contributed by atoms with van der Waals surface area (Å²) in [7, 11) is 1.70. The number of aromatic nitrogens is 2. The highest BCUT2D eigenvalue weighted by molar-refractivity contribution is 5.89. The molecular weight excluding hydrogens is 347 g/mol. The Labute approximate surface area is 146 Å². The second kappa shape index (κ2) is 6.55. The number of carboxylic acid groups (broad SMARTS) is 1. The van der Waals surface area contributed by atoms with Crippen molar-refractivity contribution in [2.24, 2.45) is 0 Å². The van der Waals surface area contributed by atoms with E-state index < -0.39 is 17.7 Å². The molecule has 2 N–H and O–H groups in total. The molecule has 5 nitrogen and oxygen atoms in total. The van der Waals surface area contributed by atoms with Gasteiger partial charge in [0.1, 0.15) is 0 Å². The van der Waals surface area contributed by atoms with Crippen molar-refractivity contribution < 1.29 is 23.1 Å². The first-order chi connectivity index (χ1) is 12.3. The number of anilines is 1. The molecule has 0 aliphatic rings. The van der Waals surface area contributed by atoms with Crippen LogP contribution < -0.4 is 5.32 Å². The summed E-state index contributed by atoms with van der Waals surface area (Å²) in [5, 5.41) is 12.1. The predicted octanol–water partition coefficient (Wildman–Crippen LogP) is 4.30. The lowest BCUT2D eigenvalue weighted by atomic mass is 10.1. The fraction of sp³-hybridized carbons (Fsp3) is 0.111. The summed E-state index contributed by atoms with van der Waals surface area (Å²) in [4.78, 5) is 15.4. The number of nitrogens with one attached hydrogen (secondary N) is 1. The summed E-state index contributed by atoms with van der Waals surface area (Å²) >= 11 is 0. The first-order valence-corrected chi connectivity index (χ1v) is 7.56. The van der Waals surface area contributed by atoms with Crippen LogP contribution in [0.1, 0.15) is 15.9 Å². The maximum atomic E-state index is 12.7. The van der Waals surface area contributed by atoms with E-state index in [4.69, 9.17) is 5.11 Å². The SMILES string of the molecule is CNc1ccc(C(=O)O)cc1-n1cnc(-c2ccc(C(F)(F)F)cc2)c1. The first kappa shape index (κ1) is 17.5. The van der Waals surface area contributed by atoms with Gasteiger partial charge in [0, 0.05) is 18.8 Å². The number of halogens is 3. The molecule has 0 spiro atoms. The normalized spacial score (nSPS) is 11.4. The van der Waals surface area contributed by atoms with Crippen LogP contribution in [0.2, 0.25) is 0 Å².